The van der Waals surface area contributed by atoms with Crippen molar-refractivity contribution in [3.05, 3.63) is 29.9 Å². The molecule has 0 aliphatic heterocycles. The highest BCUT2D eigenvalue weighted by Gasteiger charge is 2.25. The number of aryl methyl sites for hydroxylation is 1. The van der Waals surface area contributed by atoms with Crippen LogP contribution in [0.3, 0.4) is 0 Å². The van der Waals surface area contributed by atoms with Crippen LogP contribution in [-0.4, -0.2) is 16.5 Å². The maximum absolute atomic E-state index is 5.63. The zero-order chi connectivity index (χ0) is 12.5. The van der Waals surface area contributed by atoms with Gasteiger partial charge in [0, 0.05) is 11.1 Å². The third-order valence-electron chi connectivity index (χ3n) is 3.05. The second-order valence-corrected chi connectivity index (χ2v) is 4.96. The summed E-state index contributed by atoms with van der Waals surface area (Å²) in [5.74, 6) is 1.76. The first-order chi connectivity index (χ1) is 8.04. The van der Waals surface area contributed by atoms with Crippen LogP contribution in [0.2, 0.25) is 0 Å². The Kier molecular flexibility index (Phi) is 3.07. The predicted octanol–water partition coefficient (Wildman–Crippen LogP) is 2.60. The summed E-state index contributed by atoms with van der Waals surface area (Å²) in [5.41, 5.74) is 7.51. The SMILES string of the molecule is Cc1[nH]c(C(C)(C)CCN)nc1-c1ccco1. The van der Waals surface area contributed by atoms with Gasteiger partial charge in [-0.25, -0.2) is 4.98 Å². The Morgan fingerprint density at radius 3 is 2.82 bits per heavy atom. The van der Waals surface area contributed by atoms with Gasteiger partial charge in [-0.05, 0) is 32.0 Å². The van der Waals surface area contributed by atoms with Crippen molar-refractivity contribution in [2.24, 2.45) is 5.73 Å². The number of furan rings is 1. The van der Waals surface area contributed by atoms with Crippen LogP contribution in [-0.2, 0) is 5.41 Å². The maximum atomic E-state index is 5.63. The van der Waals surface area contributed by atoms with E-state index in [0.29, 0.717) is 6.54 Å². The summed E-state index contributed by atoms with van der Waals surface area (Å²) in [6, 6.07) is 3.79. The fourth-order valence-corrected chi connectivity index (χ4v) is 1.91. The molecule has 4 heteroatoms. The number of hydrogen-bond donors (Lipinski definition) is 2. The van der Waals surface area contributed by atoms with Crippen molar-refractivity contribution < 1.29 is 4.42 Å². The molecule has 0 bridgehead atoms. The average molecular weight is 233 g/mol. The molecular weight excluding hydrogens is 214 g/mol. The number of imidazole rings is 1. The molecule has 0 unspecified atom stereocenters. The standard InChI is InChI=1S/C13H19N3O/c1-9-11(10-5-4-8-17-10)16-12(15-9)13(2,3)6-7-14/h4-5,8H,6-7,14H2,1-3H3,(H,15,16). The zero-order valence-electron chi connectivity index (χ0n) is 10.6. The van der Waals surface area contributed by atoms with Crippen LogP contribution in [0.15, 0.2) is 22.8 Å². The van der Waals surface area contributed by atoms with E-state index < -0.39 is 0 Å². The van der Waals surface area contributed by atoms with Crippen LogP contribution in [0.4, 0.5) is 0 Å². The van der Waals surface area contributed by atoms with E-state index in [-0.39, 0.29) is 5.41 Å². The van der Waals surface area contributed by atoms with E-state index in [9.17, 15) is 0 Å². The van der Waals surface area contributed by atoms with E-state index in [1.54, 1.807) is 6.26 Å². The molecule has 2 rings (SSSR count). The Morgan fingerprint density at radius 2 is 2.24 bits per heavy atom. The number of nitrogens with zero attached hydrogens (tertiary/aromatic N) is 1. The first kappa shape index (κ1) is 11.9. The number of nitrogens with one attached hydrogen (secondary N) is 1. The third kappa shape index (κ3) is 2.26. The molecule has 3 N–H and O–H groups in total. The number of rotatable bonds is 4. The Balaban J connectivity index is 2.37. The molecule has 0 amide bonds. The molecule has 17 heavy (non-hydrogen) atoms. The number of aromatic amines is 1. The van der Waals surface area contributed by atoms with Gasteiger partial charge in [0.15, 0.2) is 5.76 Å². The molecule has 4 nitrogen and oxygen atoms in total. The maximum Gasteiger partial charge on any atom is 0.154 e. The van der Waals surface area contributed by atoms with Crippen LogP contribution in [0.25, 0.3) is 11.5 Å². The van der Waals surface area contributed by atoms with Gasteiger partial charge in [-0.15, -0.1) is 0 Å². The van der Waals surface area contributed by atoms with E-state index >= 15 is 0 Å². The zero-order valence-corrected chi connectivity index (χ0v) is 10.6. The molecule has 0 aliphatic carbocycles. The molecule has 0 saturated heterocycles. The van der Waals surface area contributed by atoms with Gasteiger partial charge in [-0.2, -0.15) is 0 Å². The molecule has 2 heterocycles. The minimum absolute atomic E-state index is 0.0373. The fraction of sp³-hybridized carbons (Fsp3) is 0.462. The molecule has 0 aliphatic rings. The summed E-state index contributed by atoms with van der Waals surface area (Å²) in [7, 11) is 0. The normalized spacial score (nSPS) is 12.0. The molecule has 0 radical (unpaired) electrons. The first-order valence-corrected chi connectivity index (χ1v) is 5.85. The third-order valence-corrected chi connectivity index (χ3v) is 3.05. The van der Waals surface area contributed by atoms with E-state index in [1.165, 1.54) is 0 Å². The van der Waals surface area contributed by atoms with Crippen LogP contribution < -0.4 is 5.73 Å². The summed E-state index contributed by atoms with van der Waals surface area (Å²) in [5, 5.41) is 0. The lowest BCUT2D eigenvalue weighted by atomic mass is 9.88. The molecule has 0 atom stereocenters. The summed E-state index contributed by atoms with van der Waals surface area (Å²) in [6.07, 6.45) is 2.56. The quantitative estimate of drug-likeness (QED) is 0.853. The topological polar surface area (TPSA) is 67.8 Å². The highest BCUT2D eigenvalue weighted by atomic mass is 16.3. The van der Waals surface area contributed by atoms with E-state index in [0.717, 1.165) is 29.4 Å². The predicted molar refractivity (Wildman–Crippen MR) is 67.7 cm³/mol. The molecule has 2 aromatic heterocycles. The largest absolute Gasteiger partial charge is 0.463 e. The lowest BCUT2D eigenvalue weighted by Gasteiger charge is -2.20. The summed E-state index contributed by atoms with van der Waals surface area (Å²) >= 11 is 0. The average Bonchev–Trinajstić information content (AvgIpc) is 2.85. The van der Waals surface area contributed by atoms with Gasteiger partial charge in [-0.3, -0.25) is 0 Å². The summed E-state index contributed by atoms with van der Waals surface area (Å²) in [4.78, 5) is 7.97. The van der Waals surface area contributed by atoms with Gasteiger partial charge in [0.25, 0.3) is 0 Å². The highest BCUT2D eigenvalue weighted by molar-refractivity contribution is 5.55. The number of aromatic nitrogens is 2. The van der Waals surface area contributed by atoms with Gasteiger partial charge in [-0.1, -0.05) is 13.8 Å². The van der Waals surface area contributed by atoms with Gasteiger partial charge < -0.3 is 15.1 Å². The van der Waals surface area contributed by atoms with Crippen molar-refractivity contribution >= 4 is 0 Å². The van der Waals surface area contributed by atoms with Crippen LogP contribution in [0, 0.1) is 6.92 Å². The number of hydrogen-bond acceptors (Lipinski definition) is 3. The molecule has 0 spiro atoms. The number of H-pyrrole nitrogens is 1. The van der Waals surface area contributed by atoms with Crippen molar-refractivity contribution in [2.45, 2.75) is 32.6 Å². The van der Waals surface area contributed by atoms with Crippen molar-refractivity contribution in [2.75, 3.05) is 6.54 Å². The molecule has 0 fully saturated rings. The van der Waals surface area contributed by atoms with Crippen molar-refractivity contribution in [3.63, 3.8) is 0 Å². The van der Waals surface area contributed by atoms with Crippen molar-refractivity contribution in [3.8, 4) is 11.5 Å². The summed E-state index contributed by atoms with van der Waals surface area (Å²) < 4.78 is 5.38. The molecule has 0 saturated carbocycles. The molecule has 92 valence electrons. The Hall–Kier alpha value is -1.55. The Labute approximate surface area is 101 Å². The molecule has 2 aromatic rings. The molecular formula is C13H19N3O. The van der Waals surface area contributed by atoms with Gasteiger partial charge in [0.2, 0.25) is 0 Å². The van der Waals surface area contributed by atoms with E-state index in [4.69, 9.17) is 10.2 Å². The summed E-state index contributed by atoms with van der Waals surface area (Å²) in [6.45, 7) is 6.95. The van der Waals surface area contributed by atoms with Crippen LogP contribution >= 0.6 is 0 Å². The number of nitrogens with two attached hydrogens (primary N) is 1. The lowest BCUT2D eigenvalue weighted by molar-refractivity contribution is 0.461. The van der Waals surface area contributed by atoms with Gasteiger partial charge >= 0.3 is 0 Å². The minimum atomic E-state index is -0.0373. The lowest BCUT2D eigenvalue weighted by Crippen LogP contribution is -2.23. The second-order valence-electron chi connectivity index (χ2n) is 4.96. The highest BCUT2D eigenvalue weighted by Crippen LogP contribution is 2.29. The Bertz CT molecular complexity index is 483. The van der Waals surface area contributed by atoms with Gasteiger partial charge in [0.1, 0.15) is 11.5 Å². The van der Waals surface area contributed by atoms with Crippen molar-refractivity contribution in [1.29, 1.82) is 0 Å². The minimum Gasteiger partial charge on any atom is -0.463 e. The second kappa shape index (κ2) is 4.37. The fourth-order valence-electron chi connectivity index (χ4n) is 1.91. The monoisotopic (exact) mass is 233 g/mol. The van der Waals surface area contributed by atoms with E-state index in [1.807, 2.05) is 19.1 Å². The first-order valence-electron chi connectivity index (χ1n) is 5.85. The Morgan fingerprint density at radius 1 is 1.47 bits per heavy atom. The van der Waals surface area contributed by atoms with Crippen LogP contribution in [0.1, 0.15) is 31.8 Å². The van der Waals surface area contributed by atoms with Crippen LogP contribution in [0.5, 0.6) is 0 Å². The van der Waals surface area contributed by atoms with Crippen molar-refractivity contribution in [1.82, 2.24) is 9.97 Å². The smallest absolute Gasteiger partial charge is 0.154 e. The van der Waals surface area contributed by atoms with Gasteiger partial charge in [0.05, 0.1) is 6.26 Å². The molecule has 0 aromatic carbocycles. The van der Waals surface area contributed by atoms with E-state index in [2.05, 4.69) is 23.8 Å².